The molecule has 6 nitrogen and oxygen atoms in total. The fourth-order valence-corrected chi connectivity index (χ4v) is 4.80. The highest BCUT2D eigenvalue weighted by atomic mass is 32.2. The molecule has 2 N–H and O–H groups in total. The van der Waals surface area contributed by atoms with Crippen molar-refractivity contribution in [3.63, 3.8) is 0 Å². The maximum absolute atomic E-state index is 12.7. The summed E-state index contributed by atoms with van der Waals surface area (Å²) in [7, 11) is -3.58. The zero-order chi connectivity index (χ0) is 18.0. The van der Waals surface area contributed by atoms with Crippen LogP contribution in [0.4, 0.5) is 5.69 Å². The van der Waals surface area contributed by atoms with Gasteiger partial charge in [-0.05, 0) is 62.0 Å². The van der Waals surface area contributed by atoms with Gasteiger partial charge < -0.3 is 5.32 Å². The predicted molar refractivity (Wildman–Crippen MR) is 98.0 cm³/mol. The van der Waals surface area contributed by atoms with E-state index in [-0.39, 0.29) is 23.3 Å². The van der Waals surface area contributed by atoms with E-state index < -0.39 is 10.0 Å². The molecule has 0 bridgehead atoms. The van der Waals surface area contributed by atoms with Crippen LogP contribution in [0.25, 0.3) is 0 Å². The molecule has 1 unspecified atom stereocenters. The Balaban J connectivity index is 1.70. The smallest absolute Gasteiger partial charge is 0.240 e. The first-order chi connectivity index (χ1) is 11.8. The third kappa shape index (κ3) is 4.40. The second-order valence-electron chi connectivity index (χ2n) is 7.42. The van der Waals surface area contributed by atoms with Crippen molar-refractivity contribution in [3.05, 3.63) is 23.8 Å². The number of likely N-dealkylation sites (tertiary alicyclic amines) is 1. The number of nitrogens with one attached hydrogen (secondary N) is 2. The monoisotopic (exact) mass is 365 g/mol. The minimum absolute atomic E-state index is 0.0939. The highest BCUT2D eigenvalue weighted by molar-refractivity contribution is 7.89. The molecule has 1 saturated heterocycles. The molecule has 0 spiro atoms. The van der Waals surface area contributed by atoms with Gasteiger partial charge in [-0.15, -0.1) is 0 Å². The van der Waals surface area contributed by atoms with Crippen LogP contribution in [0.1, 0.15) is 38.7 Å². The Morgan fingerprint density at radius 2 is 1.96 bits per heavy atom. The van der Waals surface area contributed by atoms with Gasteiger partial charge in [0.25, 0.3) is 0 Å². The summed E-state index contributed by atoms with van der Waals surface area (Å²) < 4.78 is 28.2. The number of sulfonamides is 1. The molecule has 1 fully saturated rings. The Hall–Kier alpha value is -1.44. The number of benzene rings is 1. The van der Waals surface area contributed by atoms with Gasteiger partial charge in [0.15, 0.2) is 0 Å². The molecule has 25 heavy (non-hydrogen) atoms. The van der Waals surface area contributed by atoms with Crippen molar-refractivity contribution in [3.8, 4) is 0 Å². The lowest BCUT2D eigenvalue weighted by atomic mass is 10.0. The lowest BCUT2D eigenvalue weighted by Gasteiger charge is -2.29. The maximum atomic E-state index is 12.7. The van der Waals surface area contributed by atoms with Crippen molar-refractivity contribution >= 4 is 21.6 Å². The van der Waals surface area contributed by atoms with E-state index in [1.807, 2.05) is 0 Å². The van der Waals surface area contributed by atoms with Crippen molar-refractivity contribution in [2.75, 3.05) is 25.0 Å². The fourth-order valence-electron chi connectivity index (χ4n) is 3.67. The predicted octanol–water partition coefficient (Wildman–Crippen LogP) is 1.97. The summed E-state index contributed by atoms with van der Waals surface area (Å²) in [6, 6.07) is 5.05. The number of carbonyl (C=O) groups excluding carboxylic acids is 1. The van der Waals surface area contributed by atoms with Crippen molar-refractivity contribution < 1.29 is 13.2 Å². The van der Waals surface area contributed by atoms with Gasteiger partial charge in [-0.3, -0.25) is 9.69 Å². The average molecular weight is 365 g/mol. The zero-order valence-corrected chi connectivity index (χ0v) is 15.7. The molecular formula is C18H27N3O3S. The van der Waals surface area contributed by atoms with Crippen molar-refractivity contribution in [1.29, 1.82) is 0 Å². The summed E-state index contributed by atoms with van der Waals surface area (Å²) >= 11 is 0. The average Bonchev–Trinajstić information content (AvgIpc) is 3.18. The van der Waals surface area contributed by atoms with Gasteiger partial charge in [0.05, 0.1) is 11.3 Å². The first-order valence-corrected chi connectivity index (χ1v) is 10.5. The van der Waals surface area contributed by atoms with E-state index in [2.05, 4.69) is 28.8 Å². The minimum atomic E-state index is -3.58. The van der Waals surface area contributed by atoms with Crippen LogP contribution in [-0.4, -0.2) is 44.9 Å². The van der Waals surface area contributed by atoms with Crippen LogP contribution in [0.15, 0.2) is 23.1 Å². The highest BCUT2D eigenvalue weighted by Gasteiger charge is 2.26. The normalized spacial score (nSPS) is 19.2. The first-order valence-electron chi connectivity index (χ1n) is 9.01. The van der Waals surface area contributed by atoms with Crippen LogP contribution in [0.5, 0.6) is 0 Å². The summed E-state index contributed by atoms with van der Waals surface area (Å²) in [6.07, 6.45) is 3.59. The third-order valence-electron chi connectivity index (χ3n) is 4.92. The Labute approximate surface area is 150 Å². The number of anilines is 1. The van der Waals surface area contributed by atoms with Gasteiger partial charge >= 0.3 is 0 Å². The molecule has 1 atom stereocenters. The lowest BCUT2D eigenvalue weighted by Crippen LogP contribution is -2.43. The topological polar surface area (TPSA) is 78.5 Å². The zero-order valence-electron chi connectivity index (χ0n) is 14.9. The van der Waals surface area contributed by atoms with Crippen molar-refractivity contribution in [2.24, 2.45) is 5.92 Å². The van der Waals surface area contributed by atoms with E-state index in [4.69, 9.17) is 0 Å². The molecule has 0 aliphatic carbocycles. The number of rotatable bonds is 7. The van der Waals surface area contributed by atoms with Crippen LogP contribution >= 0.6 is 0 Å². The van der Waals surface area contributed by atoms with E-state index >= 15 is 0 Å². The van der Waals surface area contributed by atoms with Gasteiger partial charge in [0, 0.05) is 18.3 Å². The number of hydrogen-bond donors (Lipinski definition) is 2. The van der Waals surface area contributed by atoms with E-state index in [1.165, 1.54) is 12.8 Å². The lowest BCUT2D eigenvalue weighted by molar-refractivity contribution is -0.115. The summed E-state index contributed by atoms with van der Waals surface area (Å²) in [6.45, 7) is 6.86. The Morgan fingerprint density at radius 3 is 2.64 bits per heavy atom. The number of carbonyl (C=O) groups is 1. The van der Waals surface area contributed by atoms with Crippen LogP contribution < -0.4 is 10.0 Å². The molecular weight excluding hydrogens is 338 g/mol. The quantitative estimate of drug-likeness (QED) is 0.774. The minimum Gasteiger partial charge on any atom is -0.326 e. The summed E-state index contributed by atoms with van der Waals surface area (Å²) in [4.78, 5) is 14.1. The number of hydrogen-bond acceptors (Lipinski definition) is 4. The SMILES string of the molecule is CC(C)CC(CNS(=O)(=O)c1ccc2c(c1)CC(=O)N2)N1CCCC1. The molecule has 0 aromatic heterocycles. The highest BCUT2D eigenvalue weighted by Crippen LogP contribution is 2.26. The van der Waals surface area contributed by atoms with E-state index in [0.717, 1.165) is 25.1 Å². The summed E-state index contributed by atoms with van der Waals surface area (Å²) in [5, 5.41) is 2.72. The van der Waals surface area contributed by atoms with Gasteiger partial charge in [-0.25, -0.2) is 13.1 Å². The molecule has 0 saturated carbocycles. The maximum Gasteiger partial charge on any atom is 0.240 e. The Morgan fingerprint density at radius 1 is 1.24 bits per heavy atom. The summed E-state index contributed by atoms with van der Waals surface area (Å²) in [5.41, 5.74) is 1.45. The molecule has 1 aromatic rings. The van der Waals surface area contributed by atoms with Gasteiger partial charge in [0.1, 0.15) is 0 Å². The van der Waals surface area contributed by atoms with Gasteiger partial charge in [-0.2, -0.15) is 0 Å². The molecule has 3 rings (SSSR count). The Kier molecular flexibility index (Phi) is 5.46. The standard InChI is InChI=1S/C18H27N3O3S/c1-13(2)9-15(21-7-3-4-8-21)12-19-25(23,24)16-5-6-17-14(10-16)11-18(22)20-17/h5-6,10,13,15,19H,3-4,7-9,11-12H2,1-2H3,(H,20,22). The molecule has 7 heteroatoms. The Bertz CT molecular complexity index is 740. The van der Waals surface area contributed by atoms with Crippen molar-refractivity contribution in [1.82, 2.24) is 9.62 Å². The first kappa shape index (κ1) is 18.4. The largest absolute Gasteiger partial charge is 0.326 e. The molecule has 2 aliphatic rings. The van der Waals surface area contributed by atoms with E-state index in [0.29, 0.717) is 18.2 Å². The number of fused-ring (bicyclic) bond motifs is 1. The summed E-state index contributed by atoms with van der Waals surface area (Å²) in [5.74, 6) is 0.427. The van der Waals surface area contributed by atoms with Crippen molar-refractivity contribution in [2.45, 2.75) is 50.5 Å². The van der Waals surface area contributed by atoms with Crippen LogP contribution in [-0.2, 0) is 21.2 Å². The second-order valence-corrected chi connectivity index (χ2v) is 9.19. The fraction of sp³-hybridized carbons (Fsp3) is 0.611. The second kappa shape index (κ2) is 7.43. The molecule has 2 aliphatic heterocycles. The van der Waals surface area contributed by atoms with Crippen LogP contribution in [0.3, 0.4) is 0 Å². The van der Waals surface area contributed by atoms with E-state index in [1.54, 1.807) is 18.2 Å². The van der Waals surface area contributed by atoms with Crippen LogP contribution in [0.2, 0.25) is 0 Å². The molecule has 1 amide bonds. The molecule has 2 heterocycles. The van der Waals surface area contributed by atoms with Crippen LogP contribution in [0, 0.1) is 5.92 Å². The van der Waals surface area contributed by atoms with Gasteiger partial charge in [0.2, 0.25) is 15.9 Å². The van der Waals surface area contributed by atoms with Gasteiger partial charge in [-0.1, -0.05) is 13.8 Å². The molecule has 138 valence electrons. The number of amides is 1. The molecule has 0 radical (unpaired) electrons. The third-order valence-corrected chi connectivity index (χ3v) is 6.34. The number of nitrogens with zero attached hydrogens (tertiary/aromatic N) is 1. The molecule has 1 aromatic carbocycles. The van der Waals surface area contributed by atoms with E-state index in [9.17, 15) is 13.2 Å².